The van der Waals surface area contributed by atoms with E-state index in [2.05, 4.69) is 6.92 Å². The predicted molar refractivity (Wildman–Crippen MR) is 50.2 cm³/mol. The molecule has 70 valence electrons. The van der Waals surface area contributed by atoms with Crippen molar-refractivity contribution in [1.82, 2.24) is 0 Å². The van der Waals surface area contributed by atoms with Gasteiger partial charge in [0.1, 0.15) is 5.78 Å². The highest BCUT2D eigenvalue weighted by molar-refractivity contribution is 5.77. The third-order valence-corrected chi connectivity index (χ3v) is 1.66. The zero-order valence-electron chi connectivity index (χ0n) is 7.97. The van der Waals surface area contributed by atoms with Crippen LogP contribution >= 0.6 is 0 Å². The van der Waals surface area contributed by atoms with Crippen molar-refractivity contribution in [3.05, 3.63) is 11.8 Å². The molecule has 0 fully saturated rings. The molecule has 0 amide bonds. The van der Waals surface area contributed by atoms with Crippen molar-refractivity contribution >= 4 is 5.78 Å². The molecule has 0 heterocycles. The lowest BCUT2D eigenvalue weighted by atomic mass is 10.1. The van der Waals surface area contributed by atoms with Crippen LogP contribution in [0.15, 0.2) is 11.8 Å². The van der Waals surface area contributed by atoms with Crippen LogP contribution in [0.3, 0.4) is 0 Å². The molecule has 0 spiro atoms. The Morgan fingerprint density at radius 1 is 1.42 bits per heavy atom. The van der Waals surface area contributed by atoms with E-state index in [0.717, 1.165) is 19.3 Å². The lowest BCUT2D eigenvalue weighted by molar-refractivity contribution is -0.116. The van der Waals surface area contributed by atoms with Gasteiger partial charge in [-0.2, -0.15) is 0 Å². The van der Waals surface area contributed by atoms with E-state index in [1.54, 1.807) is 6.08 Å². The van der Waals surface area contributed by atoms with Crippen molar-refractivity contribution in [2.45, 2.75) is 46.0 Å². The van der Waals surface area contributed by atoms with Crippen LogP contribution in [0.5, 0.6) is 0 Å². The van der Waals surface area contributed by atoms with Gasteiger partial charge in [-0.25, -0.2) is 0 Å². The van der Waals surface area contributed by atoms with Crippen molar-refractivity contribution in [1.29, 1.82) is 0 Å². The Morgan fingerprint density at radius 2 is 2.08 bits per heavy atom. The van der Waals surface area contributed by atoms with E-state index in [1.807, 2.05) is 0 Å². The quantitative estimate of drug-likeness (QED) is 0.491. The van der Waals surface area contributed by atoms with Crippen LogP contribution in [0.2, 0.25) is 0 Å². The smallest absolute Gasteiger partial charge is 0.133 e. The normalized spacial score (nSPS) is 11.7. The summed E-state index contributed by atoms with van der Waals surface area (Å²) in [5.41, 5.74) is 0. The topological polar surface area (TPSA) is 37.3 Å². The molecule has 0 aromatic rings. The summed E-state index contributed by atoms with van der Waals surface area (Å²) in [7, 11) is 0. The van der Waals surface area contributed by atoms with Crippen LogP contribution < -0.4 is 0 Å². The molecular formula is C10H18O2. The van der Waals surface area contributed by atoms with Crippen molar-refractivity contribution in [3.63, 3.8) is 0 Å². The lowest BCUT2D eigenvalue weighted by Gasteiger charge is -1.97. The van der Waals surface area contributed by atoms with Gasteiger partial charge in [0.25, 0.3) is 0 Å². The van der Waals surface area contributed by atoms with E-state index in [1.165, 1.54) is 6.92 Å². The fourth-order valence-corrected chi connectivity index (χ4v) is 0.920. The number of allylic oxidation sites excluding steroid dienone is 2. The van der Waals surface area contributed by atoms with E-state index in [-0.39, 0.29) is 5.78 Å². The van der Waals surface area contributed by atoms with Gasteiger partial charge >= 0.3 is 0 Å². The predicted octanol–water partition coefficient (Wildman–Crippen LogP) is 2.99. The first-order valence-corrected chi connectivity index (χ1v) is 4.54. The third-order valence-electron chi connectivity index (χ3n) is 1.66. The maximum Gasteiger partial charge on any atom is 0.133 e. The largest absolute Gasteiger partial charge is 0.513 e. The second-order valence-electron chi connectivity index (χ2n) is 3.06. The summed E-state index contributed by atoms with van der Waals surface area (Å²) in [6.07, 6.45) is 5.98. The first-order chi connectivity index (χ1) is 5.66. The number of Topliss-reactive ketones (excluding diaryl/α,β-unsaturated/α-hetero) is 1. The van der Waals surface area contributed by atoms with Gasteiger partial charge in [-0.3, -0.25) is 4.79 Å². The van der Waals surface area contributed by atoms with Crippen molar-refractivity contribution in [2.75, 3.05) is 0 Å². The zero-order chi connectivity index (χ0) is 9.40. The Balaban J connectivity index is 3.49. The van der Waals surface area contributed by atoms with Crippen LogP contribution in [0.1, 0.15) is 46.0 Å². The number of hydrogen-bond acceptors (Lipinski definition) is 2. The highest BCUT2D eigenvalue weighted by Gasteiger charge is 1.94. The molecule has 0 aliphatic rings. The molecule has 0 rings (SSSR count). The van der Waals surface area contributed by atoms with Gasteiger partial charge < -0.3 is 5.11 Å². The van der Waals surface area contributed by atoms with Gasteiger partial charge in [-0.15, -0.1) is 0 Å². The molecule has 0 aromatic carbocycles. The molecule has 1 N–H and O–H groups in total. The summed E-state index contributed by atoms with van der Waals surface area (Å²) in [6, 6.07) is 0. The zero-order valence-corrected chi connectivity index (χ0v) is 7.97. The maximum absolute atomic E-state index is 10.5. The summed E-state index contributed by atoms with van der Waals surface area (Å²) in [5.74, 6) is 0.454. The summed E-state index contributed by atoms with van der Waals surface area (Å²) >= 11 is 0. The van der Waals surface area contributed by atoms with Crippen LogP contribution in [-0.4, -0.2) is 10.9 Å². The Bertz CT molecular complexity index is 159. The fourth-order valence-electron chi connectivity index (χ4n) is 0.920. The van der Waals surface area contributed by atoms with Gasteiger partial charge in [0.05, 0.1) is 5.76 Å². The van der Waals surface area contributed by atoms with Crippen LogP contribution in [-0.2, 0) is 4.79 Å². The maximum atomic E-state index is 10.5. The molecule has 0 saturated carbocycles. The Morgan fingerprint density at radius 3 is 2.58 bits per heavy atom. The molecular weight excluding hydrogens is 152 g/mol. The van der Waals surface area contributed by atoms with Crippen LogP contribution in [0, 0.1) is 0 Å². The molecule has 0 aliphatic carbocycles. The standard InChI is InChI=1S/C10H18O2/c1-3-4-5-6-10(12)8-7-9(2)11/h8,12H,3-7H2,1-2H3. The van der Waals surface area contributed by atoms with Gasteiger partial charge in [-0.05, 0) is 19.4 Å². The van der Waals surface area contributed by atoms with Crippen molar-refractivity contribution < 1.29 is 9.90 Å². The SMILES string of the molecule is CCCCCC(O)=CCC(C)=O. The van der Waals surface area contributed by atoms with Gasteiger partial charge in [0, 0.05) is 12.8 Å². The number of rotatable bonds is 6. The lowest BCUT2D eigenvalue weighted by Crippen LogP contribution is -1.88. The number of hydrogen-bond donors (Lipinski definition) is 1. The number of ketones is 1. The first kappa shape index (κ1) is 11.2. The first-order valence-electron chi connectivity index (χ1n) is 4.54. The molecule has 0 radical (unpaired) electrons. The molecule has 0 aliphatic heterocycles. The molecule has 2 nitrogen and oxygen atoms in total. The third kappa shape index (κ3) is 7.32. The van der Waals surface area contributed by atoms with E-state index >= 15 is 0 Å². The Hall–Kier alpha value is -0.790. The minimum absolute atomic E-state index is 0.0945. The molecule has 0 saturated heterocycles. The fraction of sp³-hybridized carbons (Fsp3) is 0.700. The summed E-state index contributed by atoms with van der Waals surface area (Å²) in [5, 5.41) is 9.23. The number of unbranched alkanes of at least 4 members (excludes halogenated alkanes) is 2. The van der Waals surface area contributed by atoms with Gasteiger partial charge in [0.15, 0.2) is 0 Å². The summed E-state index contributed by atoms with van der Waals surface area (Å²) < 4.78 is 0. The van der Waals surface area contributed by atoms with E-state index in [9.17, 15) is 9.90 Å². The van der Waals surface area contributed by atoms with Gasteiger partial charge in [-0.1, -0.05) is 19.8 Å². The monoisotopic (exact) mass is 170 g/mol. The minimum Gasteiger partial charge on any atom is -0.513 e. The van der Waals surface area contributed by atoms with E-state index in [4.69, 9.17) is 0 Å². The van der Waals surface area contributed by atoms with Crippen molar-refractivity contribution in [3.8, 4) is 0 Å². The highest BCUT2D eigenvalue weighted by atomic mass is 16.3. The molecule has 0 unspecified atom stereocenters. The number of aliphatic hydroxyl groups is 1. The second kappa shape index (κ2) is 6.89. The number of carbonyl (C=O) groups excluding carboxylic acids is 1. The molecule has 2 heteroatoms. The van der Waals surface area contributed by atoms with Crippen LogP contribution in [0.4, 0.5) is 0 Å². The molecule has 0 bridgehead atoms. The molecule has 12 heavy (non-hydrogen) atoms. The Labute approximate surface area is 74.3 Å². The number of carbonyl (C=O) groups is 1. The minimum atomic E-state index is 0.0945. The van der Waals surface area contributed by atoms with E-state index < -0.39 is 0 Å². The van der Waals surface area contributed by atoms with Gasteiger partial charge in [0.2, 0.25) is 0 Å². The van der Waals surface area contributed by atoms with E-state index in [0.29, 0.717) is 18.6 Å². The molecule has 0 atom stereocenters. The second-order valence-corrected chi connectivity index (χ2v) is 3.06. The summed E-state index contributed by atoms with van der Waals surface area (Å²) in [6.45, 7) is 3.64. The van der Waals surface area contributed by atoms with Crippen LogP contribution in [0.25, 0.3) is 0 Å². The summed E-state index contributed by atoms with van der Waals surface area (Å²) in [4.78, 5) is 10.5. The average molecular weight is 170 g/mol. The Kier molecular flexibility index (Phi) is 6.44. The van der Waals surface area contributed by atoms with Crippen molar-refractivity contribution in [2.24, 2.45) is 0 Å². The average Bonchev–Trinajstić information content (AvgIpc) is 2.01. The number of aliphatic hydroxyl groups excluding tert-OH is 1. The molecule has 0 aromatic heterocycles. The highest BCUT2D eigenvalue weighted by Crippen LogP contribution is 2.06.